The van der Waals surface area contributed by atoms with Gasteiger partial charge in [0, 0.05) is 19.2 Å². The van der Waals surface area contributed by atoms with E-state index in [0.29, 0.717) is 24.3 Å². The number of hydrazine groups is 1. The Balaban J connectivity index is 2.38. The lowest BCUT2D eigenvalue weighted by Crippen LogP contribution is -2.25. The number of hydrogen-bond donors (Lipinski definition) is 4. The van der Waals surface area contributed by atoms with Crippen LogP contribution in [0.2, 0.25) is 0 Å². The van der Waals surface area contributed by atoms with Crippen molar-refractivity contribution in [2.45, 2.75) is 12.8 Å². The predicted octanol–water partition coefficient (Wildman–Crippen LogP) is -0.637. The molecule has 0 saturated carbocycles. The standard InChI is InChI=1S/C10H15N5O2/c11-8(16)2-1-5-13-10(17)7-3-4-9(15-12)14-6-7/h3-4,6H,1-2,5,12H2,(H2,11,16)(H,13,17)(H,14,15). The van der Waals surface area contributed by atoms with Crippen LogP contribution in [-0.2, 0) is 4.79 Å². The van der Waals surface area contributed by atoms with Gasteiger partial charge >= 0.3 is 0 Å². The van der Waals surface area contributed by atoms with Gasteiger partial charge in [-0.25, -0.2) is 10.8 Å². The largest absolute Gasteiger partial charge is 0.370 e. The van der Waals surface area contributed by atoms with Crippen LogP contribution in [0.4, 0.5) is 5.82 Å². The summed E-state index contributed by atoms with van der Waals surface area (Å²) in [6, 6.07) is 3.20. The van der Waals surface area contributed by atoms with Crippen molar-refractivity contribution in [1.82, 2.24) is 10.3 Å². The van der Waals surface area contributed by atoms with Gasteiger partial charge in [-0.15, -0.1) is 0 Å². The van der Waals surface area contributed by atoms with Gasteiger partial charge in [-0.2, -0.15) is 0 Å². The van der Waals surface area contributed by atoms with E-state index in [9.17, 15) is 9.59 Å². The number of carbonyl (C=O) groups excluding carboxylic acids is 2. The Bertz CT molecular complexity index is 390. The van der Waals surface area contributed by atoms with Crippen LogP contribution >= 0.6 is 0 Å². The molecule has 0 aromatic carbocycles. The molecule has 17 heavy (non-hydrogen) atoms. The molecule has 0 spiro atoms. The summed E-state index contributed by atoms with van der Waals surface area (Å²) in [4.78, 5) is 25.9. The fourth-order valence-corrected chi connectivity index (χ4v) is 1.18. The van der Waals surface area contributed by atoms with Crippen molar-refractivity contribution in [3.05, 3.63) is 23.9 Å². The summed E-state index contributed by atoms with van der Waals surface area (Å²) in [7, 11) is 0. The number of aromatic nitrogens is 1. The molecule has 0 bridgehead atoms. The fraction of sp³-hybridized carbons (Fsp3) is 0.300. The normalized spacial score (nSPS) is 9.71. The first-order valence-electron chi connectivity index (χ1n) is 5.12. The van der Waals surface area contributed by atoms with Crippen LogP contribution < -0.4 is 22.3 Å². The molecule has 1 rings (SSSR count). The summed E-state index contributed by atoms with van der Waals surface area (Å²) in [5.74, 6) is 5.01. The van der Waals surface area contributed by atoms with E-state index in [-0.39, 0.29) is 18.2 Å². The first-order valence-corrected chi connectivity index (χ1v) is 5.12. The van der Waals surface area contributed by atoms with Crippen molar-refractivity contribution >= 4 is 17.6 Å². The molecule has 1 aromatic rings. The van der Waals surface area contributed by atoms with E-state index in [2.05, 4.69) is 15.7 Å². The molecule has 0 saturated heterocycles. The highest BCUT2D eigenvalue weighted by molar-refractivity contribution is 5.94. The van der Waals surface area contributed by atoms with Crippen molar-refractivity contribution in [2.75, 3.05) is 12.0 Å². The second-order valence-electron chi connectivity index (χ2n) is 3.40. The molecule has 6 N–H and O–H groups in total. The Morgan fingerprint density at radius 2 is 2.12 bits per heavy atom. The van der Waals surface area contributed by atoms with E-state index in [4.69, 9.17) is 11.6 Å². The maximum Gasteiger partial charge on any atom is 0.252 e. The molecule has 0 unspecified atom stereocenters. The van der Waals surface area contributed by atoms with Crippen molar-refractivity contribution in [3.63, 3.8) is 0 Å². The van der Waals surface area contributed by atoms with Gasteiger partial charge in [0.05, 0.1) is 5.56 Å². The second-order valence-corrected chi connectivity index (χ2v) is 3.40. The number of primary amides is 1. The minimum atomic E-state index is -0.376. The van der Waals surface area contributed by atoms with E-state index < -0.39 is 0 Å². The van der Waals surface area contributed by atoms with Crippen LogP contribution in [-0.4, -0.2) is 23.3 Å². The highest BCUT2D eigenvalue weighted by Gasteiger charge is 2.05. The predicted molar refractivity (Wildman–Crippen MR) is 62.8 cm³/mol. The molecule has 1 heterocycles. The summed E-state index contributed by atoms with van der Waals surface area (Å²) in [5.41, 5.74) is 7.77. The van der Waals surface area contributed by atoms with Crippen molar-refractivity contribution in [3.8, 4) is 0 Å². The highest BCUT2D eigenvalue weighted by Crippen LogP contribution is 2.03. The maximum absolute atomic E-state index is 11.6. The number of pyridine rings is 1. The van der Waals surface area contributed by atoms with Gasteiger partial charge < -0.3 is 16.5 Å². The first kappa shape index (κ1) is 12.9. The Kier molecular flexibility index (Phi) is 4.89. The lowest BCUT2D eigenvalue weighted by atomic mass is 10.2. The van der Waals surface area contributed by atoms with Crippen LogP contribution in [0.3, 0.4) is 0 Å². The van der Waals surface area contributed by atoms with Gasteiger partial charge in [0.25, 0.3) is 5.91 Å². The Hall–Kier alpha value is -2.15. The summed E-state index contributed by atoms with van der Waals surface area (Å²) < 4.78 is 0. The Morgan fingerprint density at radius 1 is 1.35 bits per heavy atom. The average Bonchev–Trinajstić information content (AvgIpc) is 2.34. The van der Waals surface area contributed by atoms with Crippen LogP contribution in [0.15, 0.2) is 18.3 Å². The molecule has 2 amide bonds. The lowest BCUT2D eigenvalue weighted by molar-refractivity contribution is -0.118. The molecular formula is C10H15N5O2. The summed E-state index contributed by atoms with van der Waals surface area (Å²) in [5, 5.41) is 2.65. The van der Waals surface area contributed by atoms with E-state index in [0.717, 1.165) is 0 Å². The first-order chi connectivity index (χ1) is 8.13. The van der Waals surface area contributed by atoms with Crippen molar-refractivity contribution < 1.29 is 9.59 Å². The topological polar surface area (TPSA) is 123 Å². The average molecular weight is 237 g/mol. The molecule has 7 heteroatoms. The smallest absolute Gasteiger partial charge is 0.252 e. The molecule has 0 fully saturated rings. The van der Waals surface area contributed by atoms with Gasteiger partial charge in [0.2, 0.25) is 5.91 Å². The number of carbonyl (C=O) groups is 2. The molecule has 1 aromatic heterocycles. The molecule has 0 radical (unpaired) electrons. The third kappa shape index (κ3) is 4.47. The Morgan fingerprint density at radius 3 is 2.65 bits per heavy atom. The minimum Gasteiger partial charge on any atom is -0.370 e. The fourth-order valence-electron chi connectivity index (χ4n) is 1.18. The number of nitrogens with one attached hydrogen (secondary N) is 2. The SMILES string of the molecule is NNc1ccc(C(=O)NCCCC(N)=O)cn1. The number of nitrogens with two attached hydrogens (primary N) is 2. The summed E-state index contributed by atoms with van der Waals surface area (Å²) in [6.07, 6.45) is 2.20. The maximum atomic E-state index is 11.6. The van der Waals surface area contributed by atoms with Crippen molar-refractivity contribution in [2.24, 2.45) is 11.6 Å². The number of nitrogen functional groups attached to an aromatic ring is 1. The number of rotatable bonds is 6. The quantitative estimate of drug-likeness (QED) is 0.298. The van der Waals surface area contributed by atoms with Gasteiger partial charge in [0.1, 0.15) is 5.82 Å². The molecule has 0 aliphatic rings. The number of hydrogen-bond acceptors (Lipinski definition) is 5. The van der Waals surface area contributed by atoms with Crippen LogP contribution in [0.5, 0.6) is 0 Å². The molecule has 92 valence electrons. The van der Waals surface area contributed by atoms with Gasteiger partial charge in [0.15, 0.2) is 0 Å². The van der Waals surface area contributed by atoms with Crippen LogP contribution in [0.1, 0.15) is 23.2 Å². The molecule has 0 aliphatic heterocycles. The lowest BCUT2D eigenvalue weighted by Gasteiger charge is -2.04. The van der Waals surface area contributed by atoms with Crippen LogP contribution in [0, 0.1) is 0 Å². The second kappa shape index (κ2) is 6.44. The van der Waals surface area contributed by atoms with Crippen LogP contribution in [0.25, 0.3) is 0 Å². The van der Waals surface area contributed by atoms with E-state index in [1.54, 1.807) is 12.1 Å². The zero-order valence-corrected chi connectivity index (χ0v) is 9.27. The third-order valence-corrected chi connectivity index (χ3v) is 2.06. The molecule has 0 aliphatic carbocycles. The number of nitrogens with zero attached hydrogens (tertiary/aromatic N) is 1. The van der Waals surface area contributed by atoms with E-state index in [1.165, 1.54) is 6.20 Å². The van der Waals surface area contributed by atoms with Gasteiger partial charge in [-0.3, -0.25) is 9.59 Å². The zero-order chi connectivity index (χ0) is 12.7. The number of amides is 2. The highest BCUT2D eigenvalue weighted by atomic mass is 16.2. The monoisotopic (exact) mass is 237 g/mol. The number of anilines is 1. The molecule has 7 nitrogen and oxygen atoms in total. The van der Waals surface area contributed by atoms with Gasteiger partial charge in [-0.1, -0.05) is 0 Å². The van der Waals surface area contributed by atoms with E-state index in [1.807, 2.05) is 0 Å². The molecule has 0 atom stereocenters. The minimum absolute atomic E-state index is 0.245. The van der Waals surface area contributed by atoms with Crippen molar-refractivity contribution in [1.29, 1.82) is 0 Å². The third-order valence-electron chi connectivity index (χ3n) is 2.06. The van der Waals surface area contributed by atoms with E-state index >= 15 is 0 Å². The summed E-state index contributed by atoms with van der Waals surface area (Å²) >= 11 is 0. The molecular weight excluding hydrogens is 222 g/mol. The summed E-state index contributed by atoms with van der Waals surface area (Å²) in [6.45, 7) is 0.401. The zero-order valence-electron chi connectivity index (χ0n) is 9.27. The van der Waals surface area contributed by atoms with Gasteiger partial charge in [-0.05, 0) is 18.6 Å². The Labute approximate surface area is 98.5 Å².